The van der Waals surface area contributed by atoms with Gasteiger partial charge >= 0.3 is 5.97 Å². The first-order chi connectivity index (χ1) is 10.7. The highest BCUT2D eigenvalue weighted by molar-refractivity contribution is 6.30. The maximum Gasteiger partial charge on any atom is 0.314 e. The van der Waals surface area contributed by atoms with Crippen LogP contribution in [0.1, 0.15) is 29.9 Å². The molecule has 2 aromatic rings. The Kier molecular flexibility index (Phi) is 8.10. The maximum atomic E-state index is 12.5. The molecule has 0 spiro atoms. The van der Waals surface area contributed by atoms with E-state index in [4.69, 9.17) is 22.1 Å². The third kappa shape index (κ3) is 4.96. The van der Waals surface area contributed by atoms with Gasteiger partial charge in [-0.2, -0.15) is 0 Å². The average Bonchev–Trinajstić information content (AvgIpc) is 2.54. The van der Waals surface area contributed by atoms with Crippen molar-refractivity contribution >= 4 is 30.0 Å². The van der Waals surface area contributed by atoms with Crippen LogP contribution in [0, 0.1) is 0 Å². The summed E-state index contributed by atoms with van der Waals surface area (Å²) >= 11 is 5.95. The van der Waals surface area contributed by atoms with Gasteiger partial charge in [0.2, 0.25) is 0 Å². The van der Waals surface area contributed by atoms with Crippen molar-refractivity contribution < 1.29 is 9.53 Å². The van der Waals surface area contributed by atoms with E-state index in [0.717, 1.165) is 11.1 Å². The van der Waals surface area contributed by atoms with Crippen molar-refractivity contribution in [3.63, 3.8) is 0 Å². The molecule has 0 aromatic heterocycles. The zero-order valence-corrected chi connectivity index (χ0v) is 14.5. The topological polar surface area (TPSA) is 52.3 Å². The molecule has 0 aliphatic rings. The summed E-state index contributed by atoms with van der Waals surface area (Å²) in [6.45, 7) is 2.50. The number of rotatable bonds is 6. The molecule has 124 valence electrons. The second-order valence-corrected chi connectivity index (χ2v) is 5.47. The molecule has 3 nitrogen and oxygen atoms in total. The lowest BCUT2D eigenvalue weighted by Gasteiger charge is -2.25. The number of hydrogen-bond acceptors (Lipinski definition) is 3. The Hall–Kier alpha value is -1.55. The van der Waals surface area contributed by atoms with Crippen molar-refractivity contribution in [1.82, 2.24) is 0 Å². The fraction of sp³-hybridized carbons (Fsp3) is 0.278. The smallest absolute Gasteiger partial charge is 0.314 e. The second kappa shape index (κ2) is 9.56. The molecule has 0 saturated carbocycles. The molecule has 2 rings (SSSR count). The van der Waals surface area contributed by atoms with Crippen molar-refractivity contribution in [2.45, 2.75) is 18.8 Å². The van der Waals surface area contributed by atoms with Crippen LogP contribution in [0.15, 0.2) is 54.6 Å². The summed E-state index contributed by atoms with van der Waals surface area (Å²) in [5, 5.41) is 0.659. The van der Waals surface area contributed by atoms with Crippen molar-refractivity contribution in [3.05, 3.63) is 70.7 Å². The van der Waals surface area contributed by atoms with E-state index in [1.54, 1.807) is 6.92 Å². The minimum absolute atomic E-state index is 0. The van der Waals surface area contributed by atoms with Crippen molar-refractivity contribution in [2.75, 3.05) is 13.2 Å². The van der Waals surface area contributed by atoms with Gasteiger partial charge in [0.15, 0.2) is 0 Å². The molecule has 0 fully saturated rings. The third-order valence-electron chi connectivity index (χ3n) is 3.65. The van der Waals surface area contributed by atoms with Crippen LogP contribution in [0.25, 0.3) is 0 Å². The third-order valence-corrected chi connectivity index (χ3v) is 3.91. The van der Waals surface area contributed by atoms with E-state index in [-0.39, 0.29) is 24.3 Å². The zero-order valence-electron chi connectivity index (χ0n) is 12.9. The van der Waals surface area contributed by atoms with Gasteiger partial charge in [-0.05, 0) is 30.2 Å². The van der Waals surface area contributed by atoms with Crippen LogP contribution >= 0.6 is 24.0 Å². The molecule has 0 saturated heterocycles. The Morgan fingerprint density at radius 3 is 2.22 bits per heavy atom. The monoisotopic (exact) mass is 353 g/mol. The Labute approximate surface area is 148 Å². The molecule has 2 atom stereocenters. The van der Waals surface area contributed by atoms with Gasteiger partial charge in [0.05, 0.1) is 12.5 Å². The van der Waals surface area contributed by atoms with Gasteiger partial charge in [0.1, 0.15) is 0 Å². The molecular weight excluding hydrogens is 333 g/mol. The Bertz CT molecular complexity index is 602. The molecule has 2 aromatic carbocycles. The standard InChI is InChI=1S/C18H20ClNO2.ClH/c1-2-22-18(21)17(14-6-4-3-5-7-14)16(12-20)13-8-10-15(19)11-9-13;/h3-11,16-17H,2,12,20H2,1H3;1H. The highest BCUT2D eigenvalue weighted by atomic mass is 35.5. The molecule has 2 N–H and O–H groups in total. The molecular formula is C18H21Cl2NO2. The summed E-state index contributed by atoms with van der Waals surface area (Å²) < 4.78 is 5.27. The van der Waals surface area contributed by atoms with E-state index >= 15 is 0 Å². The number of carbonyl (C=O) groups excluding carboxylic acids is 1. The Balaban J connectivity index is 0.00000264. The number of hydrogen-bond donors (Lipinski definition) is 1. The number of benzene rings is 2. The van der Waals surface area contributed by atoms with E-state index in [1.807, 2.05) is 54.6 Å². The van der Waals surface area contributed by atoms with Gasteiger partial charge in [-0.3, -0.25) is 4.79 Å². The SMILES string of the molecule is CCOC(=O)C(c1ccccc1)C(CN)c1ccc(Cl)cc1.Cl. The number of halogens is 2. The number of esters is 1. The van der Waals surface area contributed by atoms with E-state index in [0.29, 0.717) is 18.2 Å². The Morgan fingerprint density at radius 1 is 1.09 bits per heavy atom. The largest absolute Gasteiger partial charge is 0.466 e. The van der Waals surface area contributed by atoms with E-state index in [1.165, 1.54) is 0 Å². The summed E-state index contributed by atoms with van der Waals surface area (Å²) in [7, 11) is 0. The van der Waals surface area contributed by atoms with Crippen molar-refractivity contribution in [3.8, 4) is 0 Å². The molecule has 23 heavy (non-hydrogen) atoms. The molecule has 0 radical (unpaired) electrons. The zero-order chi connectivity index (χ0) is 15.9. The first-order valence-electron chi connectivity index (χ1n) is 7.34. The highest BCUT2D eigenvalue weighted by Crippen LogP contribution is 2.34. The summed E-state index contributed by atoms with van der Waals surface area (Å²) in [4.78, 5) is 12.5. The van der Waals surface area contributed by atoms with Crippen LogP contribution in [-0.2, 0) is 9.53 Å². The number of nitrogens with two attached hydrogens (primary N) is 1. The summed E-state index contributed by atoms with van der Waals surface area (Å²) in [5.74, 6) is -0.829. The van der Waals surface area contributed by atoms with Gasteiger partial charge in [-0.1, -0.05) is 54.1 Å². The van der Waals surface area contributed by atoms with Gasteiger partial charge in [0, 0.05) is 17.5 Å². The predicted molar refractivity (Wildman–Crippen MR) is 96.3 cm³/mol. The summed E-state index contributed by atoms with van der Waals surface area (Å²) in [5.41, 5.74) is 7.86. The van der Waals surface area contributed by atoms with Crippen LogP contribution in [0.4, 0.5) is 0 Å². The van der Waals surface area contributed by atoms with Crippen molar-refractivity contribution in [1.29, 1.82) is 0 Å². The van der Waals surface area contributed by atoms with Crippen LogP contribution in [0.5, 0.6) is 0 Å². The minimum atomic E-state index is -0.424. The van der Waals surface area contributed by atoms with E-state index in [2.05, 4.69) is 0 Å². The lowest BCUT2D eigenvalue weighted by molar-refractivity contribution is -0.145. The van der Waals surface area contributed by atoms with Gasteiger partial charge in [-0.25, -0.2) is 0 Å². The highest BCUT2D eigenvalue weighted by Gasteiger charge is 2.31. The molecule has 2 unspecified atom stereocenters. The fourth-order valence-corrected chi connectivity index (χ4v) is 2.73. The summed E-state index contributed by atoms with van der Waals surface area (Å²) in [6, 6.07) is 17.1. The lowest BCUT2D eigenvalue weighted by atomic mass is 9.81. The lowest BCUT2D eigenvalue weighted by Crippen LogP contribution is -2.28. The first kappa shape index (κ1) is 19.5. The predicted octanol–water partition coefficient (Wildman–Crippen LogP) is 4.15. The molecule has 0 aliphatic carbocycles. The normalized spacial score (nSPS) is 12.8. The van der Waals surface area contributed by atoms with Crippen LogP contribution in [0.2, 0.25) is 5.02 Å². The van der Waals surface area contributed by atoms with Gasteiger partial charge in [-0.15, -0.1) is 12.4 Å². The molecule has 0 amide bonds. The quantitative estimate of drug-likeness (QED) is 0.793. The second-order valence-electron chi connectivity index (χ2n) is 5.03. The fourth-order valence-electron chi connectivity index (χ4n) is 2.60. The molecule has 0 bridgehead atoms. The van der Waals surface area contributed by atoms with Gasteiger partial charge in [0.25, 0.3) is 0 Å². The van der Waals surface area contributed by atoms with Crippen LogP contribution in [0.3, 0.4) is 0 Å². The molecule has 0 heterocycles. The summed E-state index contributed by atoms with van der Waals surface area (Å²) in [6.07, 6.45) is 0. The molecule has 0 aliphatic heterocycles. The Morgan fingerprint density at radius 2 is 1.70 bits per heavy atom. The minimum Gasteiger partial charge on any atom is -0.466 e. The number of ether oxygens (including phenoxy) is 1. The average molecular weight is 354 g/mol. The maximum absolute atomic E-state index is 12.5. The van der Waals surface area contributed by atoms with Gasteiger partial charge < -0.3 is 10.5 Å². The van der Waals surface area contributed by atoms with Crippen LogP contribution in [-0.4, -0.2) is 19.1 Å². The number of carbonyl (C=O) groups is 1. The van der Waals surface area contributed by atoms with E-state index < -0.39 is 5.92 Å². The first-order valence-corrected chi connectivity index (χ1v) is 7.72. The van der Waals surface area contributed by atoms with Crippen molar-refractivity contribution in [2.24, 2.45) is 5.73 Å². The van der Waals surface area contributed by atoms with E-state index in [9.17, 15) is 4.79 Å². The molecule has 5 heteroatoms. The van der Waals surface area contributed by atoms with Crippen LogP contribution < -0.4 is 5.73 Å².